The van der Waals surface area contributed by atoms with Crippen LogP contribution in [-0.4, -0.2) is 38.5 Å². The van der Waals surface area contributed by atoms with E-state index in [0.29, 0.717) is 27.7 Å². The predicted octanol–water partition coefficient (Wildman–Crippen LogP) is 6.14. The molecule has 10 heteroatoms. The van der Waals surface area contributed by atoms with E-state index in [4.69, 9.17) is 14.3 Å². The molecule has 0 aliphatic carbocycles. The van der Waals surface area contributed by atoms with Crippen LogP contribution in [0.1, 0.15) is 35.3 Å². The first-order valence-electron chi connectivity index (χ1n) is 14.4. The molecule has 1 aliphatic rings. The molecule has 45 heavy (non-hydrogen) atoms. The smallest absolute Gasteiger partial charge is 0.325 e. The van der Waals surface area contributed by atoms with Crippen molar-refractivity contribution in [2.75, 3.05) is 19.3 Å². The summed E-state index contributed by atoms with van der Waals surface area (Å²) < 4.78 is 39.8. The van der Waals surface area contributed by atoms with Gasteiger partial charge < -0.3 is 9.47 Å². The molecule has 1 aromatic heterocycles. The minimum Gasteiger partial charge on any atom is -0.468 e. The van der Waals surface area contributed by atoms with Gasteiger partial charge in [0.25, 0.3) is 10.0 Å². The number of rotatable bonds is 7. The zero-order valence-electron chi connectivity index (χ0n) is 25.0. The van der Waals surface area contributed by atoms with Crippen molar-refractivity contribution in [3.05, 3.63) is 132 Å². The molecule has 5 aromatic rings. The Morgan fingerprint density at radius 1 is 0.800 bits per heavy atom. The van der Waals surface area contributed by atoms with E-state index in [-0.39, 0.29) is 11.3 Å². The first-order valence-corrected chi connectivity index (χ1v) is 15.8. The molecule has 0 radical (unpaired) electrons. The van der Waals surface area contributed by atoms with E-state index in [0.717, 1.165) is 5.56 Å². The van der Waals surface area contributed by atoms with Crippen molar-refractivity contribution in [2.45, 2.75) is 30.4 Å². The summed E-state index contributed by atoms with van der Waals surface area (Å²) in [6.07, 6.45) is 0.353. The molecule has 0 amide bonds. The van der Waals surface area contributed by atoms with Crippen LogP contribution in [-0.2, 0) is 33.9 Å². The number of hydrogen-bond acceptors (Lipinski definition) is 8. The quantitative estimate of drug-likeness (QED) is 0.157. The maximum absolute atomic E-state index is 14.0. The lowest BCUT2D eigenvalue weighted by Crippen LogP contribution is -2.56. The molecule has 6 rings (SSSR count). The third-order valence-electron chi connectivity index (χ3n) is 8.31. The normalized spacial score (nSPS) is 18.0. The van der Waals surface area contributed by atoms with Crippen molar-refractivity contribution in [1.82, 2.24) is 3.97 Å². The SMILES string of the molecule is COC(=O)C1(C(=O)OC)CC(c2cn(S(=O)(=O)c3ccc(C)cc3)c3ccccc23)ON(c2ccccc2)C1c1ccccc1. The molecule has 0 saturated carbocycles. The van der Waals surface area contributed by atoms with Crippen molar-refractivity contribution in [2.24, 2.45) is 5.41 Å². The van der Waals surface area contributed by atoms with Gasteiger partial charge in [0.15, 0.2) is 5.41 Å². The van der Waals surface area contributed by atoms with E-state index < -0.39 is 39.5 Å². The number of fused-ring (bicyclic) bond motifs is 1. The second-order valence-electron chi connectivity index (χ2n) is 10.9. The fourth-order valence-corrected chi connectivity index (χ4v) is 7.52. The zero-order chi connectivity index (χ0) is 31.8. The number of para-hydroxylation sites is 2. The predicted molar refractivity (Wildman–Crippen MR) is 169 cm³/mol. The molecule has 1 fully saturated rings. The van der Waals surface area contributed by atoms with Crippen LogP contribution >= 0.6 is 0 Å². The van der Waals surface area contributed by atoms with Crippen molar-refractivity contribution in [3.8, 4) is 0 Å². The van der Waals surface area contributed by atoms with Crippen molar-refractivity contribution < 1.29 is 32.3 Å². The summed E-state index contributed by atoms with van der Waals surface area (Å²) in [6.45, 7) is 1.88. The molecular weight excluding hydrogens is 592 g/mol. The highest BCUT2D eigenvalue weighted by Gasteiger charge is 2.62. The summed E-state index contributed by atoms with van der Waals surface area (Å²) in [5.74, 6) is -1.60. The Hall–Kier alpha value is -4.93. The third-order valence-corrected chi connectivity index (χ3v) is 10.00. The van der Waals surface area contributed by atoms with Gasteiger partial charge in [-0.3, -0.25) is 14.4 Å². The summed E-state index contributed by atoms with van der Waals surface area (Å²) >= 11 is 0. The summed E-state index contributed by atoms with van der Waals surface area (Å²) in [6, 6.07) is 30.9. The number of aryl methyl sites for hydroxylation is 1. The number of benzene rings is 4. The lowest BCUT2D eigenvalue weighted by Gasteiger charge is -2.49. The number of anilines is 1. The molecule has 2 heterocycles. The molecule has 9 nitrogen and oxygen atoms in total. The van der Waals surface area contributed by atoms with E-state index >= 15 is 0 Å². The van der Waals surface area contributed by atoms with Gasteiger partial charge in [0.1, 0.15) is 12.1 Å². The van der Waals surface area contributed by atoms with Gasteiger partial charge in [0.2, 0.25) is 0 Å². The Morgan fingerprint density at radius 2 is 1.38 bits per heavy atom. The second kappa shape index (κ2) is 11.9. The lowest BCUT2D eigenvalue weighted by molar-refractivity contribution is -0.186. The summed E-state index contributed by atoms with van der Waals surface area (Å²) in [4.78, 5) is 34.8. The Morgan fingerprint density at radius 3 is 2.00 bits per heavy atom. The minimum atomic E-state index is -4.03. The molecule has 4 aromatic carbocycles. The number of hydroxylamine groups is 1. The van der Waals surface area contributed by atoms with E-state index in [2.05, 4.69) is 0 Å². The summed E-state index contributed by atoms with van der Waals surface area (Å²) in [5.41, 5.74) is 1.13. The number of carbonyl (C=O) groups is 2. The number of aromatic nitrogens is 1. The van der Waals surface area contributed by atoms with E-state index in [1.165, 1.54) is 29.5 Å². The number of ether oxygens (including phenoxy) is 2. The number of methoxy groups -OCH3 is 2. The Labute approximate surface area is 261 Å². The van der Waals surface area contributed by atoms with Crippen molar-refractivity contribution in [1.29, 1.82) is 0 Å². The van der Waals surface area contributed by atoms with E-state index in [1.54, 1.807) is 48.5 Å². The fraction of sp³-hybridized carbons (Fsp3) is 0.200. The monoisotopic (exact) mass is 624 g/mol. The van der Waals surface area contributed by atoms with Gasteiger partial charge in [-0.25, -0.2) is 17.5 Å². The zero-order valence-corrected chi connectivity index (χ0v) is 25.8. The van der Waals surface area contributed by atoms with Gasteiger partial charge in [-0.15, -0.1) is 0 Å². The van der Waals surface area contributed by atoms with Gasteiger partial charge in [0.05, 0.1) is 30.3 Å². The molecule has 0 bridgehead atoms. The molecule has 0 spiro atoms. The Kier molecular flexibility index (Phi) is 7.94. The molecule has 1 saturated heterocycles. The maximum atomic E-state index is 14.0. The molecule has 2 unspecified atom stereocenters. The standard InChI is InChI=1S/C35H32N2O7S/c1-24-18-20-27(21-19-24)45(40,41)36-23-29(28-16-10-11-17-30(28)36)31-22-35(33(38)42-2,34(39)43-3)32(25-12-6-4-7-13-25)37(44-31)26-14-8-5-9-15-26/h4-21,23,31-32H,22H2,1-3H3. The van der Waals surface area contributed by atoms with Gasteiger partial charge in [-0.1, -0.05) is 84.4 Å². The van der Waals surface area contributed by atoms with Crippen molar-refractivity contribution in [3.63, 3.8) is 0 Å². The van der Waals surface area contributed by atoms with Gasteiger partial charge in [-0.05, 0) is 42.8 Å². The van der Waals surface area contributed by atoms with E-state index in [9.17, 15) is 18.0 Å². The Bertz CT molecular complexity index is 1940. The number of nitrogens with zero attached hydrogens (tertiary/aromatic N) is 2. The van der Waals surface area contributed by atoms with Crippen molar-refractivity contribution >= 4 is 38.6 Å². The minimum absolute atomic E-state index is 0.124. The highest BCUT2D eigenvalue weighted by Crippen LogP contribution is 2.54. The molecule has 0 N–H and O–H groups in total. The fourth-order valence-electron chi connectivity index (χ4n) is 6.14. The van der Waals surface area contributed by atoms with Gasteiger partial charge >= 0.3 is 11.9 Å². The van der Waals surface area contributed by atoms with Gasteiger partial charge in [-0.2, -0.15) is 0 Å². The molecule has 2 atom stereocenters. The summed E-state index contributed by atoms with van der Waals surface area (Å²) in [7, 11) is -1.57. The number of esters is 2. The highest BCUT2D eigenvalue weighted by molar-refractivity contribution is 7.90. The second-order valence-corrected chi connectivity index (χ2v) is 12.8. The number of carbonyl (C=O) groups excluding carboxylic acids is 2. The number of hydrogen-bond donors (Lipinski definition) is 0. The first kappa shape index (κ1) is 30.1. The average Bonchev–Trinajstić information content (AvgIpc) is 3.48. The molecule has 230 valence electrons. The lowest BCUT2D eigenvalue weighted by atomic mass is 9.70. The van der Waals surface area contributed by atoms with Crippen LogP contribution < -0.4 is 5.06 Å². The maximum Gasteiger partial charge on any atom is 0.325 e. The van der Waals surface area contributed by atoms with Crippen LogP contribution in [0.2, 0.25) is 0 Å². The van der Waals surface area contributed by atoms with Crippen LogP contribution in [0.25, 0.3) is 10.9 Å². The highest BCUT2D eigenvalue weighted by atomic mass is 32.2. The average molecular weight is 625 g/mol. The summed E-state index contributed by atoms with van der Waals surface area (Å²) in [5, 5.41) is 2.13. The topological polar surface area (TPSA) is 104 Å². The van der Waals surface area contributed by atoms with Crippen LogP contribution in [0.15, 0.2) is 120 Å². The third kappa shape index (κ3) is 5.05. The van der Waals surface area contributed by atoms with Crippen LogP contribution in [0.4, 0.5) is 5.69 Å². The van der Waals surface area contributed by atoms with Crippen LogP contribution in [0.5, 0.6) is 0 Å². The molecular formula is C35H32N2O7S. The van der Waals surface area contributed by atoms with Gasteiger partial charge in [0, 0.05) is 23.6 Å². The van der Waals surface area contributed by atoms with Crippen LogP contribution in [0.3, 0.4) is 0 Å². The molecule has 1 aliphatic heterocycles. The van der Waals surface area contributed by atoms with Crippen LogP contribution in [0, 0.1) is 12.3 Å². The largest absolute Gasteiger partial charge is 0.468 e. The Balaban J connectivity index is 1.59. The first-order chi connectivity index (χ1) is 21.7. The van der Waals surface area contributed by atoms with E-state index in [1.807, 2.05) is 67.6 Å².